The summed E-state index contributed by atoms with van der Waals surface area (Å²) < 4.78 is 11.1. The second kappa shape index (κ2) is 9.21. The van der Waals surface area contributed by atoms with Gasteiger partial charge in [-0.1, -0.05) is 6.92 Å². The monoisotopic (exact) mass is 388 g/mol. The van der Waals surface area contributed by atoms with E-state index in [4.69, 9.17) is 14.3 Å². The minimum atomic E-state index is -0.623. The van der Waals surface area contributed by atoms with Gasteiger partial charge < -0.3 is 19.2 Å². The van der Waals surface area contributed by atoms with Crippen LogP contribution in [0.2, 0.25) is 0 Å². The van der Waals surface area contributed by atoms with Crippen LogP contribution in [0.3, 0.4) is 0 Å². The van der Waals surface area contributed by atoms with Crippen LogP contribution in [-0.2, 0) is 11.2 Å². The highest BCUT2D eigenvalue weighted by Crippen LogP contribution is 2.24. The Labute approximate surface area is 164 Å². The Kier molecular flexibility index (Phi) is 6.70. The van der Waals surface area contributed by atoms with E-state index >= 15 is 0 Å². The van der Waals surface area contributed by atoms with Crippen LogP contribution in [0.5, 0.6) is 5.75 Å². The summed E-state index contributed by atoms with van der Waals surface area (Å²) in [5, 5.41) is 9.81. The van der Waals surface area contributed by atoms with Gasteiger partial charge in [0.25, 0.3) is 5.91 Å². The minimum Gasteiger partial charge on any atom is -0.481 e. The van der Waals surface area contributed by atoms with Crippen molar-refractivity contribution >= 4 is 16.9 Å². The first-order chi connectivity index (χ1) is 13.5. The number of carbonyl (C=O) groups excluding carboxylic acids is 1. The van der Waals surface area contributed by atoms with Crippen LogP contribution in [0.25, 0.3) is 11.0 Å². The predicted molar refractivity (Wildman–Crippen MR) is 107 cm³/mol. The highest BCUT2D eigenvalue weighted by Gasteiger charge is 2.26. The Morgan fingerprint density at radius 2 is 2.00 bits per heavy atom. The molecule has 1 saturated heterocycles. The molecule has 7 heteroatoms. The van der Waals surface area contributed by atoms with E-state index in [0.29, 0.717) is 24.4 Å². The average Bonchev–Trinajstić information content (AvgIpc) is 2.71. The summed E-state index contributed by atoms with van der Waals surface area (Å²) in [6.07, 6.45) is 0.870. The number of ether oxygens (including phenoxy) is 1. The molecule has 0 saturated carbocycles. The van der Waals surface area contributed by atoms with E-state index in [9.17, 15) is 9.59 Å². The highest BCUT2D eigenvalue weighted by molar-refractivity contribution is 5.83. The van der Waals surface area contributed by atoms with E-state index in [-0.39, 0.29) is 18.1 Å². The third-order valence-electron chi connectivity index (χ3n) is 5.16. The van der Waals surface area contributed by atoms with E-state index in [1.54, 1.807) is 19.1 Å². The molecule has 152 valence electrons. The molecule has 3 rings (SSSR count). The van der Waals surface area contributed by atoms with Gasteiger partial charge in [-0.25, -0.2) is 4.79 Å². The molecule has 1 aliphatic heterocycles. The molecule has 1 aliphatic rings. The first-order valence-corrected chi connectivity index (χ1v) is 9.87. The molecule has 1 aromatic heterocycles. The molecule has 0 bridgehead atoms. The molecule has 1 atom stereocenters. The van der Waals surface area contributed by atoms with Gasteiger partial charge in [-0.05, 0) is 37.5 Å². The van der Waals surface area contributed by atoms with Crippen LogP contribution in [-0.4, -0.2) is 66.2 Å². The van der Waals surface area contributed by atoms with Gasteiger partial charge in [0.1, 0.15) is 11.3 Å². The van der Waals surface area contributed by atoms with Gasteiger partial charge in [-0.15, -0.1) is 0 Å². The molecule has 28 heavy (non-hydrogen) atoms. The summed E-state index contributed by atoms with van der Waals surface area (Å²) in [6, 6.07) is 6.85. The van der Waals surface area contributed by atoms with Crippen LogP contribution in [0.15, 0.2) is 33.5 Å². The molecule has 1 fully saturated rings. The summed E-state index contributed by atoms with van der Waals surface area (Å²) in [5.41, 5.74) is 1.02. The number of aliphatic hydroxyl groups excluding tert-OH is 1. The molecular weight excluding hydrogens is 360 g/mol. The fraction of sp³-hybridized carbons (Fsp3) is 0.524. The Morgan fingerprint density at radius 3 is 2.68 bits per heavy atom. The number of piperazine rings is 1. The smallest absolute Gasteiger partial charge is 0.336 e. The number of benzene rings is 1. The maximum atomic E-state index is 12.7. The lowest BCUT2D eigenvalue weighted by Gasteiger charge is -2.35. The van der Waals surface area contributed by atoms with Crippen LogP contribution >= 0.6 is 0 Å². The van der Waals surface area contributed by atoms with Crippen LogP contribution in [0.4, 0.5) is 0 Å². The number of aliphatic hydroxyl groups is 1. The maximum absolute atomic E-state index is 12.7. The first-order valence-electron chi connectivity index (χ1n) is 9.87. The second-order valence-electron chi connectivity index (χ2n) is 7.11. The summed E-state index contributed by atoms with van der Waals surface area (Å²) in [4.78, 5) is 28.5. The molecule has 0 spiro atoms. The van der Waals surface area contributed by atoms with Crippen LogP contribution in [0, 0.1) is 0 Å². The molecule has 0 aliphatic carbocycles. The number of aryl methyl sites for hydroxylation is 1. The number of carbonyl (C=O) groups is 1. The van der Waals surface area contributed by atoms with Gasteiger partial charge in [-0.3, -0.25) is 9.69 Å². The van der Waals surface area contributed by atoms with Crippen molar-refractivity contribution in [2.75, 3.05) is 39.3 Å². The van der Waals surface area contributed by atoms with E-state index in [1.165, 1.54) is 6.07 Å². The molecular formula is C21H28N2O5. The second-order valence-corrected chi connectivity index (χ2v) is 7.11. The lowest BCUT2D eigenvalue weighted by Crippen LogP contribution is -2.52. The van der Waals surface area contributed by atoms with Crippen molar-refractivity contribution in [2.45, 2.75) is 32.8 Å². The van der Waals surface area contributed by atoms with Gasteiger partial charge in [-0.2, -0.15) is 0 Å². The van der Waals surface area contributed by atoms with Crippen molar-refractivity contribution in [3.05, 3.63) is 40.2 Å². The number of hydrogen-bond acceptors (Lipinski definition) is 6. The lowest BCUT2D eigenvalue weighted by molar-refractivity contribution is -0.139. The quantitative estimate of drug-likeness (QED) is 0.726. The van der Waals surface area contributed by atoms with Crippen molar-refractivity contribution in [3.63, 3.8) is 0 Å². The van der Waals surface area contributed by atoms with Gasteiger partial charge in [0.15, 0.2) is 6.10 Å². The SMILES string of the molecule is CCc1cc(=O)oc2cc(OC(C)C(=O)N3CCN(CCCO)CC3)ccc12. The van der Waals surface area contributed by atoms with Gasteiger partial charge in [0.05, 0.1) is 0 Å². The number of fused-ring (bicyclic) bond motifs is 1. The van der Waals surface area contributed by atoms with E-state index in [1.807, 2.05) is 17.9 Å². The van der Waals surface area contributed by atoms with Gasteiger partial charge in [0, 0.05) is 56.8 Å². The van der Waals surface area contributed by atoms with Crippen LogP contribution in [0.1, 0.15) is 25.8 Å². The third-order valence-corrected chi connectivity index (χ3v) is 5.16. The normalized spacial score (nSPS) is 16.3. The number of rotatable bonds is 7. The summed E-state index contributed by atoms with van der Waals surface area (Å²) in [6.45, 7) is 7.70. The van der Waals surface area contributed by atoms with E-state index in [0.717, 1.165) is 43.4 Å². The summed E-state index contributed by atoms with van der Waals surface area (Å²) in [5.74, 6) is 0.456. The van der Waals surface area contributed by atoms with Crippen molar-refractivity contribution in [3.8, 4) is 5.75 Å². The zero-order valence-corrected chi connectivity index (χ0v) is 16.5. The Morgan fingerprint density at radius 1 is 1.25 bits per heavy atom. The highest BCUT2D eigenvalue weighted by atomic mass is 16.5. The zero-order chi connectivity index (χ0) is 20.1. The van der Waals surface area contributed by atoms with Crippen molar-refractivity contribution in [1.82, 2.24) is 9.80 Å². The molecule has 1 unspecified atom stereocenters. The molecule has 7 nitrogen and oxygen atoms in total. The zero-order valence-electron chi connectivity index (χ0n) is 16.5. The fourth-order valence-corrected chi connectivity index (χ4v) is 3.57. The van der Waals surface area contributed by atoms with E-state index in [2.05, 4.69) is 4.90 Å². The molecule has 2 heterocycles. The first kappa shape index (κ1) is 20.4. The summed E-state index contributed by atoms with van der Waals surface area (Å²) >= 11 is 0. The Balaban J connectivity index is 1.63. The Hall–Kier alpha value is -2.38. The lowest BCUT2D eigenvalue weighted by atomic mass is 10.1. The standard InChI is InChI=1S/C21H28N2O5/c1-3-16-13-20(25)28-19-14-17(5-6-18(16)19)27-15(2)21(26)23-10-8-22(9-11-23)7-4-12-24/h5-6,13-15,24H,3-4,7-12H2,1-2H3. The van der Waals surface area contributed by atoms with Crippen molar-refractivity contribution < 1.29 is 19.1 Å². The minimum absolute atomic E-state index is 0.0503. The predicted octanol–water partition coefficient (Wildman–Crippen LogP) is 1.65. The Bertz CT molecular complexity index is 871. The molecule has 2 aromatic rings. The number of nitrogens with zero attached hydrogens (tertiary/aromatic N) is 2. The fourth-order valence-electron chi connectivity index (χ4n) is 3.57. The maximum Gasteiger partial charge on any atom is 0.336 e. The molecule has 0 radical (unpaired) electrons. The van der Waals surface area contributed by atoms with E-state index < -0.39 is 6.10 Å². The average molecular weight is 388 g/mol. The van der Waals surface area contributed by atoms with Crippen molar-refractivity contribution in [1.29, 1.82) is 0 Å². The van der Waals surface area contributed by atoms with Gasteiger partial charge >= 0.3 is 5.63 Å². The summed E-state index contributed by atoms with van der Waals surface area (Å²) in [7, 11) is 0. The largest absolute Gasteiger partial charge is 0.481 e. The van der Waals surface area contributed by atoms with Crippen molar-refractivity contribution in [2.24, 2.45) is 0 Å². The number of hydrogen-bond donors (Lipinski definition) is 1. The molecule has 1 N–H and O–H groups in total. The van der Waals surface area contributed by atoms with Gasteiger partial charge in [0.2, 0.25) is 0 Å². The number of amides is 1. The topological polar surface area (TPSA) is 83.2 Å². The third kappa shape index (κ3) is 4.72. The molecule has 1 aromatic carbocycles. The van der Waals surface area contributed by atoms with Crippen LogP contribution < -0.4 is 10.4 Å². The molecule has 1 amide bonds.